The number of hydrogen-bond acceptors (Lipinski definition) is 4. The smallest absolute Gasteiger partial charge is 0.238 e. The monoisotopic (exact) mass is 444 g/mol. The minimum Gasteiger partial charge on any atom is -0.340 e. The van der Waals surface area contributed by atoms with Crippen molar-refractivity contribution in [3.63, 3.8) is 0 Å². The third-order valence-electron chi connectivity index (χ3n) is 6.08. The molecule has 8 heteroatoms. The van der Waals surface area contributed by atoms with Gasteiger partial charge >= 0.3 is 0 Å². The number of carbonyl (C=O) groups is 2. The van der Waals surface area contributed by atoms with Crippen molar-refractivity contribution in [2.45, 2.75) is 33.1 Å². The van der Waals surface area contributed by atoms with Crippen molar-refractivity contribution in [3.05, 3.63) is 29.3 Å². The second kappa shape index (κ2) is 11.7. The van der Waals surface area contributed by atoms with Crippen LogP contribution in [0.25, 0.3) is 0 Å². The summed E-state index contributed by atoms with van der Waals surface area (Å²) in [5.74, 6) is 0.723. The summed E-state index contributed by atoms with van der Waals surface area (Å²) < 4.78 is 0. The predicted octanol–water partition coefficient (Wildman–Crippen LogP) is 2.60. The van der Waals surface area contributed by atoms with Crippen molar-refractivity contribution in [1.82, 2.24) is 9.80 Å². The molecule has 164 valence electrons. The van der Waals surface area contributed by atoms with Crippen LogP contribution >= 0.6 is 24.8 Å². The Morgan fingerprint density at radius 2 is 1.69 bits per heavy atom. The van der Waals surface area contributed by atoms with E-state index in [1.807, 2.05) is 36.9 Å². The summed E-state index contributed by atoms with van der Waals surface area (Å²) in [7, 11) is 0. The Kier molecular flexibility index (Phi) is 10.4. The second-order valence-corrected chi connectivity index (χ2v) is 7.95. The average Bonchev–Trinajstić information content (AvgIpc) is 3.14. The lowest BCUT2D eigenvalue weighted by atomic mass is 9.94. The zero-order valence-electron chi connectivity index (χ0n) is 17.4. The van der Waals surface area contributed by atoms with Gasteiger partial charge in [0.05, 0.1) is 6.54 Å². The van der Waals surface area contributed by atoms with E-state index in [9.17, 15) is 9.59 Å². The van der Waals surface area contributed by atoms with Gasteiger partial charge in [-0.3, -0.25) is 14.5 Å². The van der Waals surface area contributed by atoms with Crippen molar-refractivity contribution in [2.24, 2.45) is 17.6 Å². The highest BCUT2D eigenvalue weighted by Crippen LogP contribution is 2.32. The standard InChI is InChI=1S/C21H32N4O2.2ClH/c1-15-5-3-6-16(2)20(15)23-19(26)14-24-9-11-25(12-10-24)21(27)18-8-4-7-17(18)13-22;;/h3,5-6,17-18H,4,7-14,22H2,1-2H3,(H,23,26);2*1H/t17-,18-;;/m1../s1. The summed E-state index contributed by atoms with van der Waals surface area (Å²) in [6, 6.07) is 6.01. The van der Waals surface area contributed by atoms with Crippen LogP contribution in [0.5, 0.6) is 0 Å². The zero-order chi connectivity index (χ0) is 19.4. The normalized spacial score (nSPS) is 21.8. The molecule has 1 saturated heterocycles. The first-order valence-electron chi connectivity index (χ1n) is 10.1. The average molecular weight is 445 g/mol. The first-order valence-corrected chi connectivity index (χ1v) is 10.1. The zero-order valence-corrected chi connectivity index (χ0v) is 19.0. The Hall–Kier alpha value is -1.34. The molecule has 0 aromatic heterocycles. The van der Waals surface area contributed by atoms with Gasteiger partial charge < -0.3 is 16.0 Å². The molecule has 6 nitrogen and oxygen atoms in total. The molecule has 0 bridgehead atoms. The fourth-order valence-corrected chi connectivity index (χ4v) is 4.40. The van der Waals surface area contributed by atoms with Crippen LogP contribution in [-0.4, -0.2) is 60.9 Å². The Bertz CT molecular complexity index is 673. The topological polar surface area (TPSA) is 78.7 Å². The van der Waals surface area contributed by atoms with E-state index in [1.165, 1.54) is 0 Å². The van der Waals surface area contributed by atoms with Gasteiger partial charge in [-0.2, -0.15) is 0 Å². The molecular weight excluding hydrogens is 411 g/mol. The molecule has 1 heterocycles. The number of amides is 2. The maximum Gasteiger partial charge on any atom is 0.238 e. The number of nitrogens with one attached hydrogen (secondary N) is 1. The first kappa shape index (κ1) is 25.7. The molecule has 3 rings (SSSR count). The van der Waals surface area contributed by atoms with Crippen LogP contribution in [0.4, 0.5) is 5.69 Å². The molecule has 1 aromatic rings. The van der Waals surface area contributed by atoms with Crippen LogP contribution in [0.2, 0.25) is 0 Å². The summed E-state index contributed by atoms with van der Waals surface area (Å²) >= 11 is 0. The fraction of sp³-hybridized carbons (Fsp3) is 0.619. The van der Waals surface area contributed by atoms with E-state index in [0.717, 1.165) is 49.2 Å². The molecule has 0 spiro atoms. The highest BCUT2D eigenvalue weighted by molar-refractivity contribution is 5.93. The summed E-state index contributed by atoms with van der Waals surface area (Å²) in [5.41, 5.74) is 8.88. The number of para-hydroxylation sites is 1. The molecule has 2 atom stereocenters. The summed E-state index contributed by atoms with van der Waals surface area (Å²) in [6.07, 6.45) is 3.15. The van der Waals surface area contributed by atoms with Gasteiger partial charge in [0.15, 0.2) is 0 Å². The maximum atomic E-state index is 12.8. The van der Waals surface area contributed by atoms with Gasteiger partial charge in [-0.05, 0) is 50.3 Å². The van der Waals surface area contributed by atoms with Crippen LogP contribution in [-0.2, 0) is 9.59 Å². The lowest BCUT2D eigenvalue weighted by molar-refractivity contribution is -0.138. The number of hydrogen-bond donors (Lipinski definition) is 2. The molecule has 1 aliphatic carbocycles. The molecule has 3 N–H and O–H groups in total. The van der Waals surface area contributed by atoms with Gasteiger partial charge in [-0.1, -0.05) is 24.6 Å². The van der Waals surface area contributed by atoms with Crippen LogP contribution in [0.15, 0.2) is 18.2 Å². The van der Waals surface area contributed by atoms with Crippen molar-refractivity contribution in [2.75, 3.05) is 44.6 Å². The number of halogens is 2. The third-order valence-corrected chi connectivity index (χ3v) is 6.08. The largest absolute Gasteiger partial charge is 0.340 e. The SMILES string of the molecule is Cc1cccc(C)c1NC(=O)CN1CCN(C(=O)[C@@H]2CCC[C@@H]2CN)CC1.Cl.Cl. The Balaban J connectivity index is 0.00000210. The van der Waals surface area contributed by atoms with E-state index in [0.29, 0.717) is 32.1 Å². The quantitative estimate of drug-likeness (QED) is 0.731. The van der Waals surface area contributed by atoms with E-state index in [2.05, 4.69) is 10.2 Å². The summed E-state index contributed by atoms with van der Waals surface area (Å²) in [5, 5.41) is 3.04. The number of carbonyl (C=O) groups excluding carboxylic acids is 2. The van der Waals surface area contributed by atoms with Crippen molar-refractivity contribution >= 4 is 42.3 Å². The highest BCUT2D eigenvalue weighted by Gasteiger charge is 2.35. The van der Waals surface area contributed by atoms with Gasteiger partial charge in [0, 0.05) is 37.8 Å². The molecule has 2 amide bonds. The molecule has 2 fully saturated rings. The summed E-state index contributed by atoms with van der Waals surface area (Å²) in [4.78, 5) is 29.3. The number of anilines is 1. The summed E-state index contributed by atoms with van der Waals surface area (Å²) in [6.45, 7) is 7.86. The molecule has 0 radical (unpaired) electrons. The van der Waals surface area contributed by atoms with Gasteiger partial charge in [0.1, 0.15) is 0 Å². The van der Waals surface area contributed by atoms with E-state index in [4.69, 9.17) is 5.73 Å². The van der Waals surface area contributed by atoms with Gasteiger partial charge in [-0.15, -0.1) is 24.8 Å². The molecule has 1 saturated carbocycles. The lowest BCUT2D eigenvalue weighted by Crippen LogP contribution is -2.52. The number of nitrogens with two attached hydrogens (primary N) is 1. The molecule has 0 unspecified atom stereocenters. The van der Waals surface area contributed by atoms with E-state index in [-0.39, 0.29) is 42.5 Å². The minimum atomic E-state index is 0. The number of rotatable bonds is 5. The van der Waals surface area contributed by atoms with Gasteiger partial charge in [0.25, 0.3) is 0 Å². The third kappa shape index (κ3) is 6.32. The second-order valence-electron chi connectivity index (χ2n) is 7.95. The van der Waals surface area contributed by atoms with Crippen LogP contribution < -0.4 is 11.1 Å². The van der Waals surface area contributed by atoms with Crippen molar-refractivity contribution < 1.29 is 9.59 Å². The number of piperazine rings is 1. The number of nitrogens with zero attached hydrogens (tertiary/aromatic N) is 2. The van der Waals surface area contributed by atoms with Crippen molar-refractivity contribution in [3.8, 4) is 0 Å². The molecular formula is C21H34Cl2N4O2. The van der Waals surface area contributed by atoms with Gasteiger partial charge in [0.2, 0.25) is 11.8 Å². The highest BCUT2D eigenvalue weighted by atomic mass is 35.5. The van der Waals surface area contributed by atoms with Crippen LogP contribution in [0, 0.1) is 25.7 Å². The van der Waals surface area contributed by atoms with Gasteiger partial charge in [-0.25, -0.2) is 0 Å². The fourth-order valence-electron chi connectivity index (χ4n) is 4.40. The van der Waals surface area contributed by atoms with E-state index in [1.54, 1.807) is 0 Å². The molecule has 1 aliphatic heterocycles. The first-order chi connectivity index (χ1) is 13.0. The Morgan fingerprint density at radius 1 is 1.07 bits per heavy atom. The lowest BCUT2D eigenvalue weighted by Gasteiger charge is -2.36. The molecule has 1 aromatic carbocycles. The van der Waals surface area contributed by atoms with Crippen LogP contribution in [0.3, 0.4) is 0 Å². The number of aryl methyl sites for hydroxylation is 2. The maximum absolute atomic E-state index is 12.8. The Morgan fingerprint density at radius 3 is 2.28 bits per heavy atom. The number of benzene rings is 1. The van der Waals surface area contributed by atoms with Crippen molar-refractivity contribution in [1.29, 1.82) is 0 Å². The molecule has 29 heavy (non-hydrogen) atoms. The minimum absolute atomic E-state index is 0. The molecule has 2 aliphatic rings. The van der Waals surface area contributed by atoms with Crippen LogP contribution in [0.1, 0.15) is 30.4 Å². The van der Waals surface area contributed by atoms with E-state index >= 15 is 0 Å². The van der Waals surface area contributed by atoms with E-state index < -0.39 is 0 Å². The predicted molar refractivity (Wildman–Crippen MR) is 122 cm³/mol. The Labute approximate surface area is 186 Å².